The Kier molecular flexibility index (Phi) is 7.80. The van der Waals surface area contributed by atoms with E-state index in [1.165, 1.54) is 11.1 Å². The van der Waals surface area contributed by atoms with E-state index in [0.717, 1.165) is 16.9 Å². The van der Waals surface area contributed by atoms with E-state index >= 15 is 0 Å². The van der Waals surface area contributed by atoms with Crippen LogP contribution in [0.25, 0.3) is 6.08 Å². The van der Waals surface area contributed by atoms with E-state index in [1.54, 1.807) is 36.4 Å². The number of halogens is 1. The number of carbonyl (C=O) groups excluding carboxylic acids is 2. The first-order valence-electron chi connectivity index (χ1n) is 11.6. The second-order valence-corrected chi connectivity index (χ2v) is 8.67. The van der Waals surface area contributed by atoms with Crippen molar-refractivity contribution >= 4 is 35.2 Å². The number of para-hydroxylation sites is 1. The van der Waals surface area contributed by atoms with Crippen LogP contribution >= 0.6 is 11.6 Å². The smallest absolute Gasteiger partial charge is 0.282 e. The summed E-state index contributed by atoms with van der Waals surface area (Å²) in [5.74, 6) is 0.607. The highest BCUT2D eigenvalue weighted by molar-refractivity contribution is 6.33. The molecule has 3 aromatic rings. The van der Waals surface area contributed by atoms with Crippen LogP contribution in [0.1, 0.15) is 23.6 Å². The lowest BCUT2D eigenvalue weighted by molar-refractivity contribution is -0.117. The zero-order valence-electron chi connectivity index (χ0n) is 20.3. The highest BCUT2D eigenvalue weighted by Crippen LogP contribution is 2.37. The van der Waals surface area contributed by atoms with Crippen LogP contribution in [0.3, 0.4) is 0 Å². The van der Waals surface area contributed by atoms with Gasteiger partial charge in [-0.15, -0.1) is 0 Å². The summed E-state index contributed by atoms with van der Waals surface area (Å²) in [5.41, 5.74) is 5.93. The van der Waals surface area contributed by atoms with E-state index in [1.807, 2.05) is 39.0 Å². The summed E-state index contributed by atoms with van der Waals surface area (Å²) in [5, 5.41) is 1.51. The first-order valence-corrected chi connectivity index (χ1v) is 12.0. The summed E-state index contributed by atoms with van der Waals surface area (Å²) >= 11 is 6.52. The number of rotatable bonds is 9. The average Bonchev–Trinajstić information content (AvgIpc) is 3.11. The SMILES string of the molecule is CCOc1cc(C=C2C(=O)NN(c3ccccc3)C2=O)cc(Cl)c1OCCOc1cc(C)cc(C)c1. The molecule has 0 radical (unpaired) electrons. The summed E-state index contributed by atoms with van der Waals surface area (Å²) < 4.78 is 17.4. The molecule has 3 aromatic carbocycles. The summed E-state index contributed by atoms with van der Waals surface area (Å²) in [6, 6.07) is 18.2. The molecule has 0 unspecified atom stereocenters. The lowest BCUT2D eigenvalue weighted by Crippen LogP contribution is -2.35. The third kappa shape index (κ3) is 5.80. The van der Waals surface area contributed by atoms with E-state index < -0.39 is 11.8 Å². The highest BCUT2D eigenvalue weighted by Gasteiger charge is 2.34. The van der Waals surface area contributed by atoms with Crippen molar-refractivity contribution in [2.45, 2.75) is 20.8 Å². The fourth-order valence-electron chi connectivity index (χ4n) is 3.88. The van der Waals surface area contributed by atoms with Crippen LogP contribution in [0, 0.1) is 13.8 Å². The molecule has 1 aliphatic heterocycles. The van der Waals surface area contributed by atoms with Gasteiger partial charge in [0.05, 0.1) is 17.3 Å². The first-order chi connectivity index (χ1) is 17.4. The van der Waals surface area contributed by atoms with E-state index in [0.29, 0.717) is 41.0 Å². The zero-order chi connectivity index (χ0) is 25.7. The maximum absolute atomic E-state index is 12.9. The minimum absolute atomic E-state index is 0.00659. The van der Waals surface area contributed by atoms with Gasteiger partial charge in [0.2, 0.25) is 0 Å². The molecule has 0 spiro atoms. The highest BCUT2D eigenvalue weighted by atomic mass is 35.5. The molecule has 4 rings (SSSR count). The number of aryl methyl sites for hydroxylation is 2. The number of amides is 2. The number of carbonyl (C=O) groups is 2. The Hall–Kier alpha value is -3.97. The zero-order valence-corrected chi connectivity index (χ0v) is 21.1. The van der Waals surface area contributed by atoms with Gasteiger partial charge >= 0.3 is 0 Å². The molecule has 1 heterocycles. The number of benzene rings is 3. The molecule has 186 valence electrons. The number of hydrazine groups is 1. The molecule has 36 heavy (non-hydrogen) atoms. The Labute approximate surface area is 215 Å². The summed E-state index contributed by atoms with van der Waals surface area (Å²) in [6.07, 6.45) is 1.49. The summed E-state index contributed by atoms with van der Waals surface area (Å²) in [7, 11) is 0. The third-order valence-electron chi connectivity index (χ3n) is 5.34. The Morgan fingerprint density at radius 1 is 0.917 bits per heavy atom. The predicted molar refractivity (Wildman–Crippen MR) is 140 cm³/mol. The minimum Gasteiger partial charge on any atom is -0.490 e. The molecule has 2 amide bonds. The lowest BCUT2D eigenvalue weighted by Gasteiger charge is -2.15. The van der Waals surface area contributed by atoms with Crippen molar-refractivity contribution in [1.29, 1.82) is 0 Å². The van der Waals surface area contributed by atoms with E-state index in [-0.39, 0.29) is 12.2 Å². The summed E-state index contributed by atoms with van der Waals surface area (Å²) in [4.78, 5) is 25.4. The van der Waals surface area contributed by atoms with Crippen LogP contribution in [0.15, 0.2) is 66.2 Å². The molecule has 1 saturated heterocycles. The maximum atomic E-state index is 12.9. The van der Waals surface area contributed by atoms with Gasteiger partial charge in [-0.3, -0.25) is 15.0 Å². The third-order valence-corrected chi connectivity index (χ3v) is 5.62. The van der Waals surface area contributed by atoms with Gasteiger partial charge in [-0.25, -0.2) is 5.01 Å². The molecule has 0 bridgehead atoms. The first kappa shape index (κ1) is 25.1. The van der Waals surface area contributed by atoms with Crippen LogP contribution in [-0.4, -0.2) is 31.6 Å². The Balaban J connectivity index is 1.49. The van der Waals surface area contributed by atoms with Crippen LogP contribution in [0.2, 0.25) is 5.02 Å². The molecule has 7 nitrogen and oxygen atoms in total. The molecule has 1 fully saturated rings. The van der Waals surface area contributed by atoms with Gasteiger partial charge in [-0.1, -0.05) is 35.9 Å². The molecule has 1 N–H and O–H groups in total. The normalized spacial score (nSPS) is 14.2. The van der Waals surface area contributed by atoms with Gasteiger partial charge in [0.15, 0.2) is 11.5 Å². The van der Waals surface area contributed by atoms with Crippen molar-refractivity contribution in [3.05, 3.63) is 87.9 Å². The monoisotopic (exact) mass is 506 g/mol. The molecular formula is C28H27ClN2O5. The van der Waals surface area contributed by atoms with Crippen molar-refractivity contribution < 1.29 is 23.8 Å². The average molecular weight is 507 g/mol. The number of ether oxygens (including phenoxy) is 3. The van der Waals surface area contributed by atoms with Crippen molar-refractivity contribution in [3.63, 3.8) is 0 Å². The summed E-state index contributed by atoms with van der Waals surface area (Å²) in [6.45, 7) is 6.83. The number of nitrogens with zero attached hydrogens (tertiary/aromatic N) is 1. The predicted octanol–water partition coefficient (Wildman–Crippen LogP) is 5.27. The number of hydrogen-bond acceptors (Lipinski definition) is 5. The molecular weight excluding hydrogens is 480 g/mol. The largest absolute Gasteiger partial charge is 0.490 e. The van der Waals surface area contributed by atoms with Crippen LogP contribution < -0.4 is 24.6 Å². The molecule has 0 atom stereocenters. The van der Waals surface area contributed by atoms with Crippen molar-refractivity contribution in [2.24, 2.45) is 0 Å². The molecule has 8 heteroatoms. The standard InChI is InChI=1S/C28H27ClN2O5/c1-4-34-25-17-20(15-23-27(32)30-31(28(23)33)21-8-6-5-7-9-21)16-24(29)26(25)36-11-10-35-22-13-18(2)12-19(3)14-22/h5-9,12-17H,4,10-11H2,1-3H3,(H,30,32). The molecule has 0 saturated carbocycles. The quantitative estimate of drug-likeness (QED) is 0.243. The molecule has 0 aliphatic carbocycles. The fourth-order valence-corrected chi connectivity index (χ4v) is 4.15. The number of hydrogen-bond donors (Lipinski definition) is 1. The Morgan fingerprint density at radius 2 is 1.61 bits per heavy atom. The van der Waals surface area contributed by atoms with Crippen LogP contribution in [0.4, 0.5) is 5.69 Å². The van der Waals surface area contributed by atoms with E-state index in [2.05, 4.69) is 11.5 Å². The van der Waals surface area contributed by atoms with E-state index in [9.17, 15) is 9.59 Å². The van der Waals surface area contributed by atoms with Crippen molar-refractivity contribution in [2.75, 3.05) is 24.8 Å². The van der Waals surface area contributed by atoms with Crippen molar-refractivity contribution in [3.8, 4) is 17.2 Å². The molecule has 0 aromatic heterocycles. The van der Waals surface area contributed by atoms with Gasteiger partial charge in [-0.2, -0.15) is 0 Å². The van der Waals surface area contributed by atoms with E-state index in [4.69, 9.17) is 25.8 Å². The topological polar surface area (TPSA) is 77.1 Å². The minimum atomic E-state index is -0.498. The number of anilines is 1. The van der Waals surface area contributed by atoms with Gasteiger partial charge in [0, 0.05) is 0 Å². The molecule has 1 aliphatic rings. The van der Waals surface area contributed by atoms with Gasteiger partial charge in [0.1, 0.15) is 24.5 Å². The Morgan fingerprint density at radius 3 is 2.31 bits per heavy atom. The Bertz CT molecular complexity index is 1290. The van der Waals surface area contributed by atoms with Gasteiger partial charge in [0.25, 0.3) is 11.8 Å². The van der Waals surface area contributed by atoms with Crippen LogP contribution in [-0.2, 0) is 9.59 Å². The van der Waals surface area contributed by atoms with Gasteiger partial charge < -0.3 is 14.2 Å². The second-order valence-electron chi connectivity index (χ2n) is 8.26. The lowest BCUT2D eigenvalue weighted by atomic mass is 10.1. The van der Waals surface area contributed by atoms with Gasteiger partial charge in [-0.05, 0) is 79.9 Å². The van der Waals surface area contributed by atoms with Crippen molar-refractivity contribution in [1.82, 2.24) is 5.43 Å². The maximum Gasteiger partial charge on any atom is 0.282 e. The second kappa shape index (κ2) is 11.2. The van der Waals surface area contributed by atoms with Crippen LogP contribution in [0.5, 0.6) is 17.2 Å². The number of nitrogens with one attached hydrogen (secondary N) is 1. The fraction of sp³-hybridized carbons (Fsp3) is 0.214.